The van der Waals surface area contributed by atoms with Gasteiger partial charge in [-0.3, -0.25) is 14.2 Å². The van der Waals surface area contributed by atoms with E-state index in [1.807, 2.05) is 49.4 Å². The lowest BCUT2D eigenvalue weighted by Gasteiger charge is -2.13. The Morgan fingerprint density at radius 1 is 1.23 bits per heavy atom. The van der Waals surface area contributed by atoms with E-state index in [4.69, 9.17) is 9.40 Å². The Labute approximate surface area is 210 Å². The molecule has 1 aromatic carbocycles. The van der Waals surface area contributed by atoms with Gasteiger partial charge in [-0.05, 0) is 74.1 Å². The standard InChI is InChI=1S/C26H24N4O3S2/c1-17(14-19-10-7-13-33-19)15-27-29-22(31)16-34-26-28-24-23(20-11-5-6-12-21(20)35-24)25(32)30(26)18-8-3-2-4-9-18/h2-4,7-10,13-15H,5-6,11-12,16H2,1H3,(H,29,31)/b17-14+,27-15+. The first-order chi connectivity index (χ1) is 17.1. The summed E-state index contributed by atoms with van der Waals surface area (Å²) >= 11 is 2.84. The van der Waals surface area contributed by atoms with Crippen molar-refractivity contribution >= 4 is 51.5 Å². The minimum Gasteiger partial charge on any atom is -0.465 e. The number of nitrogens with one attached hydrogen (secondary N) is 1. The number of amides is 1. The highest BCUT2D eigenvalue weighted by molar-refractivity contribution is 7.99. The summed E-state index contributed by atoms with van der Waals surface area (Å²) in [5.41, 5.74) is 5.19. The fraction of sp³-hybridized carbons (Fsp3) is 0.231. The molecule has 5 rings (SSSR count). The molecule has 0 atom stereocenters. The summed E-state index contributed by atoms with van der Waals surface area (Å²) in [5, 5.41) is 5.25. The van der Waals surface area contributed by atoms with Crippen molar-refractivity contribution in [3.05, 3.63) is 80.9 Å². The summed E-state index contributed by atoms with van der Waals surface area (Å²) in [6.45, 7) is 1.87. The number of hydrazone groups is 1. The summed E-state index contributed by atoms with van der Waals surface area (Å²) < 4.78 is 6.90. The number of aryl methyl sites for hydroxylation is 2. The predicted molar refractivity (Wildman–Crippen MR) is 142 cm³/mol. The Balaban J connectivity index is 1.38. The van der Waals surface area contributed by atoms with Gasteiger partial charge in [0.1, 0.15) is 10.6 Å². The zero-order valence-corrected chi connectivity index (χ0v) is 20.8. The van der Waals surface area contributed by atoms with Gasteiger partial charge in [-0.2, -0.15) is 5.10 Å². The summed E-state index contributed by atoms with van der Waals surface area (Å²) in [6, 6.07) is 13.1. The van der Waals surface area contributed by atoms with E-state index in [9.17, 15) is 9.59 Å². The van der Waals surface area contributed by atoms with Crippen molar-refractivity contribution in [1.29, 1.82) is 0 Å². The first-order valence-electron chi connectivity index (χ1n) is 11.4. The number of aromatic nitrogens is 2. The van der Waals surface area contributed by atoms with Crippen LogP contribution < -0.4 is 11.0 Å². The number of nitrogens with zero attached hydrogens (tertiary/aromatic N) is 3. The highest BCUT2D eigenvalue weighted by Gasteiger charge is 2.23. The number of carbonyl (C=O) groups is 1. The number of benzene rings is 1. The zero-order valence-electron chi connectivity index (χ0n) is 19.2. The molecule has 1 aliphatic carbocycles. The van der Waals surface area contributed by atoms with Gasteiger partial charge in [-0.15, -0.1) is 11.3 Å². The number of fused-ring (bicyclic) bond motifs is 3. The van der Waals surface area contributed by atoms with Gasteiger partial charge >= 0.3 is 0 Å². The van der Waals surface area contributed by atoms with E-state index in [0.29, 0.717) is 10.9 Å². The fourth-order valence-corrected chi connectivity index (χ4v) is 6.20. The Bertz CT molecular complexity index is 1470. The summed E-state index contributed by atoms with van der Waals surface area (Å²) in [7, 11) is 0. The molecular formula is C26H24N4O3S2. The Morgan fingerprint density at radius 3 is 2.86 bits per heavy atom. The molecular weight excluding hydrogens is 480 g/mol. The van der Waals surface area contributed by atoms with Crippen molar-refractivity contribution in [2.45, 2.75) is 37.8 Å². The Hall–Kier alpha value is -3.43. The first kappa shape index (κ1) is 23.3. The average Bonchev–Trinajstić information content (AvgIpc) is 3.50. The number of rotatable bonds is 7. The number of carbonyl (C=O) groups excluding carboxylic acids is 1. The summed E-state index contributed by atoms with van der Waals surface area (Å²) in [6.07, 6.45) is 9.14. The molecule has 0 saturated heterocycles. The van der Waals surface area contributed by atoms with Crippen LogP contribution in [0.15, 0.2) is 73.8 Å². The van der Waals surface area contributed by atoms with E-state index in [-0.39, 0.29) is 17.2 Å². The third kappa shape index (κ3) is 5.16. The lowest BCUT2D eigenvalue weighted by Crippen LogP contribution is -2.24. The normalized spacial score (nSPS) is 13.9. The predicted octanol–water partition coefficient (Wildman–Crippen LogP) is 5.22. The molecule has 0 unspecified atom stereocenters. The zero-order chi connectivity index (χ0) is 24.2. The van der Waals surface area contributed by atoms with E-state index in [2.05, 4.69) is 10.5 Å². The van der Waals surface area contributed by atoms with Crippen molar-refractivity contribution in [3.63, 3.8) is 0 Å². The van der Waals surface area contributed by atoms with E-state index < -0.39 is 0 Å². The summed E-state index contributed by atoms with van der Waals surface area (Å²) in [5.74, 6) is 0.511. The van der Waals surface area contributed by atoms with E-state index >= 15 is 0 Å². The van der Waals surface area contributed by atoms with Gasteiger partial charge in [-0.1, -0.05) is 30.0 Å². The molecule has 9 heteroatoms. The van der Waals surface area contributed by atoms with Gasteiger partial charge in [0.15, 0.2) is 5.16 Å². The van der Waals surface area contributed by atoms with E-state index in [0.717, 1.165) is 52.7 Å². The van der Waals surface area contributed by atoms with E-state index in [1.54, 1.807) is 34.4 Å². The van der Waals surface area contributed by atoms with Crippen LogP contribution in [0.4, 0.5) is 0 Å². The average molecular weight is 505 g/mol. The van der Waals surface area contributed by atoms with Crippen LogP contribution in [-0.2, 0) is 17.6 Å². The topological polar surface area (TPSA) is 89.5 Å². The second-order valence-corrected chi connectivity index (χ2v) is 10.3. The molecule has 1 N–H and O–H groups in total. The van der Waals surface area contributed by atoms with Crippen LogP contribution in [0.25, 0.3) is 22.0 Å². The molecule has 0 aliphatic heterocycles. The van der Waals surface area contributed by atoms with Crippen LogP contribution in [0, 0.1) is 0 Å². The van der Waals surface area contributed by atoms with Crippen LogP contribution in [0.3, 0.4) is 0 Å². The van der Waals surface area contributed by atoms with Crippen LogP contribution in [0.1, 0.15) is 36.0 Å². The van der Waals surface area contributed by atoms with Crippen molar-refractivity contribution < 1.29 is 9.21 Å². The van der Waals surface area contributed by atoms with E-state index in [1.165, 1.54) is 16.6 Å². The molecule has 0 saturated carbocycles. The highest BCUT2D eigenvalue weighted by Crippen LogP contribution is 2.35. The van der Waals surface area contributed by atoms with Crippen LogP contribution >= 0.6 is 23.1 Å². The van der Waals surface area contributed by atoms with Crippen molar-refractivity contribution in [1.82, 2.24) is 15.0 Å². The molecule has 0 bridgehead atoms. The molecule has 0 radical (unpaired) electrons. The molecule has 4 aromatic rings. The second kappa shape index (κ2) is 10.5. The number of allylic oxidation sites excluding steroid dienone is 1. The Morgan fingerprint density at radius 2 is 2.06 bits per heavy atom. The monoisotopic (exact) mass is 504 g/mol. The van der Waals surface area contributed by atoms with Gasteiger partial charge in [0.25, 0.3) is 11.5 Å². The number of para-hydroxylation sites is 1. The molecule has 3 heterocycles. The molecule has 1 amide bonds. The maximum Gasteiger partial charge on any atom is 0.267 e. The smallest absolute Gasteiger partial charge is 0.267 e. The molecule has 178 valence electrons. The van der Waals surface area contributed by atoms with Gasteiger partial charge < -0.3 is 4.42 Å². The molecule has 3 aromatic heterocycles. The number of thioether (sulfide) groups is 1. The molecule has 7 nitrogen and oxygen atoms in total. The van der Waals surface area contributed by atoms with Crippen molar-refractivity contribution in [3.8, 4) is 5.69 Å². The lowest BCUT2D eigenvalue weighted by atomic mass is 9.97. The maximum atomic E-state index is 13.7. The summed E-state index contributed by atoms with van der Waals surface area (Å²) in [4.78, 5) is 33.0. The molecule has 0 fully saturated rings. The van der Waals surface area contributed by atoms with Crippen molar-refractivity contribution in [2.24, 2.45) is 5.10 Å². The lowest BCUT2D eigenvalue weighted by molar-refractivity contribution is -0.118. The van der Waals surface area contributed by atoms with Gasteiger partial charge in [0, 0.05) is 4.88 Å². The number of furan rings is 1. The third-order valence-corrected chi connectivity index (χ3v) is 7.80. The molecule has 1 aliphatic rings. The minimum absolute atomic E-state index is 0.0692. The number of hydrogen-bond donors (Lipinski definition) is 1. The third-order valence-electron chi connectivity index (χ3n) is 5.68. The SMILES string of the molecule is CC(/C=N/NC(=O)CSc1nc2sc3c(c2c(=O)n1-c1ccccc1)CCCC3)=C\c1ccco1. The number of hydrogen-bond acceptors (Lipinski definition) is 7. The quantitative estimate of drug-likeness (QED) is 0.161. The second-order valence-electron chi connectivity index (χ2n) is 8.25. The van der Waals surface area contributed by atoms with Crippen LogP contribution in [0.5, 0.6) is 0 Å². The van der Waals surface area contributed by atoms with Gasteiger partial charge in [0.05, 0.1) is 29.3 Å². The molecule has 0 spiro atoms. The van der Waals surface area contributed by atoms with Gasteiger partial charge in [-0.25, -0.2) is 10.4 Å². The fourth-order valence-electron chi connectivity index (χ4n) is 4.09. The molecule has 35 heavy (non-hydrogen) atoms. The number of thiophene rings is 1. The highest BCUT2D eigenvalue weighted by atomic mass is 32.2. The van der Waals surface area contributed by atoms with Crippen LogP contribution in [0.2, 0.25) is 0 Å². The van der Waals surface area contributed by atoms with Crippen LogP contribution in [-0.4, -0.2) is 27.4 Å². The maximum absolute atomic E-state index is 13.7. The van der Waals surface area contributed by atoms with Gasteiger partial charge in [0.2, 0.25) is 0 Å². The van der Waals surface area contributed by atoms with Crippen molar-refractivity contribution in [2.75, 3.05) is 5.75 Å². The largest absolute Gasteiger partial charge is 0.465 e. The Kier molecular flexibility index (Phi) is 6.96. The minimum atomic E-state index is -0.281. The first-order valence-corrected chi connectivity index (χ1v) is 13.2.